The van der Waals surface area contributed by atoms with Crippen LogP contribution in [-0.2, 0) is 16.0 Å². The van der Waals surface area contributed by atoms with E-state index in [0.29, 0.717) is 23.3 Å². The zero-order valence-corrected chi connectivity index (χ0v) is 20.1. The molecule has 1 aliphatic rings. The Labute approximate surface area is 209 Å². The van der Waals surface area contributed by atoms with Crippen molar-refractivity contribution in [3.8, 4) is 5.75 Å². The Bertz CT molecular complexity index is 1410. The molecule has 1 amide bonds. The van der Waals surface area contributed by atoms with Crippen LogP contribution < -0.4 is 9.64 Å². The highest BCUT2D eigenvalue weighted by Gasteiger charge is 2.45. The number of carbonyl (C=O) groups is 2. The lowest BCUT2D eigenvalue weighted by molar-refractivity contribution is -0.118. The van der Waals surface area contributed by atoms with E-state index >= 15 is 0 Å². The maximum absolute atomic E-state index is 13.5. The molecule has 1 atom stereocenters. The summed E-state index contributed by atoms with van der Waals surface area (Å²) in [5.74, 6) is -0.536. The van der Waals surface area contributed by atoms with E-state index in [0.717, 1.165) is 11.1 Å². The standard InChI is InChI=1S/C29H27N3O4/c1-18(2)36-21-15-13-20(14-16-21)26-25(24(33)17-12-19-8-4-3-5-9-19)27(34)28(35)32(26)29-30-22-10-6-7-11-23(22)31-29/h3-11,13-16,18,26,34H,12,17H2,1-2H3,(H,30,31). The summed E-state index contributed by atoms with van der Waals surface area (Å²) in [7, 11) is 0. The number of fused-ring (bicyclic) bond motifs is 1. The van der Waals surface area contributed by atoms with Crippen LogP contribution in [0.1, 0.15) is 37.4 Å². The number of aliphatic hydroxyl groups is 1. The first-order valence-corrected chi connectivity index (χ1v) is 12.0. The first-order chi connectivity index (χ1) is 17.4. The number of nitrogens with one attached hydrogen (secondary N) is 1. The fourth-order valence-corrected chi connectivity index (χ4v) is 4.52. The van der Waals surface area contributed by atoms with Gasteiger partial charge in [0, 0.05) is 6.42 Å². The summed E-state index contributed by atoms with van der Waals surface area (Å²) in [5.41, 5.74) is 3.20. The van der Waals surface area contributed by atoms with E-state index < -0.39 is 17.7 Å². The molecule has 36 heavy (non-hydrogen) atoms. The van der Waals surface area contributed by atoms with Gasteiger partial charge in [-0.1, -0.05) is 54.6 Å². The largest absolute Gasteiger partial charge is 0.503 e. The summed E-state index contributed by atoms with van der Waals surface area (Å²) in [4.78, 5) is 35.9. The number of aryl methyl sites for hydroxylation is 1. The number of benzene rings is 3. The molecule has 0 spiro atoms. The minimum absolute atomic E-state index is 0.00928. The van der Waals surface area contributed by atoms with Crippen molar-refractivity contribution >= 4 is 28.7 Å². The molecule has 5 rings (SSSR count). The molecule has 7 nitrogen and oxygen atoms in total. The maximum atomic E-state index is 13.5. The van der Waals surface area contributed by atoms with Gasteiger partial charge in [-0.2, -0.15) is 0 Å². The van der Waals surface area contributed by atoms with Crippen LogP contribution in [0.15, 0.2) is 90.2 Å². The third kappa shape index (κ3) is 4.47. The fraction of sp³-hybridized carbons (Fsp3) is 0.207. The molecular weight excluding hydrogens is 454 g/mol. The van der Waals surface area contributed by atoms with Crippen molar-refractivity contribution in [2.75, 3.05) is 4.90 Å². The number of carbonyl (C=O) groups excluding carboxylic acids is 2. The third-order valence-corrected chi connectivity index (χ3v) is 6.16. The normalized spacial score (nSPS) is 15.8. The number of rotatable bonds is 8. The summed E-state index contributed by atoms with van der Waals surface area (Å²) in [5, 5.41) is 10.9. The summed E-state index contributed by atoms with van der Waals surface area (Å²) in [6.07, 6.45) is 0.675. The van der Waals surface area contributed by atoms with Gasteiger partial charge in [-0.3, -0.25) is 14.5 Å². The van der Waals surface area contributed by atoms with Crippen molar-refractivity contribution in [2.45, 2.75) is 38.8 Å². The minimum Gasteiger partial charge on any atom is -0.503 e. The Morgan fingerprint density at radius 3 is 2.42 bits per heavy atom. The number of imidazole rings is 1. The highest BCUT2D eigenvalue weighted by Crippen LogP contribution is 2.41. The zero-order valence-electron chi connectivity index (χ0n) is 20.1. The topological polar surface area (TPSA) is 95.5 Å². The van der Waals surface area contributed by atoms with Crippen LogP contribution in [0.3, 0.4) is 0 Å². The summed E-state index contributed by atoms with van der Waals surface area (Å²) in [6, 6.07) is 23.5. The molecule has 2 heterocycles. The van der Waals surface area contributed by atoms with E-state index in [4.69, 9.17) is 4.74 Å². The summed E-state index contributed by atoms with van der Waals surface area (Å²) >= 11 is 0. The molecule has 0 saturated heterocycles. The lowest BCUT2D eigenvalue weighted by atomic mass is 9.93. The van der Waals surface area contributed by atoms with Gasteiger partial charge in [-0.05, 0) is 55.7 Å². The molecule has 7 heteroatoms. The van der Waals surface area contributed by atoms with Gasteiger partial charge < -0.3 is 14.8 Å². The van der Waals surface area contributed by atoms with E-state index in [2.05, 4.69) is 9.97 Å². The van der Waals surface area contributed by atoms with Crippen LogP contribution in [0, 0.1) is 0 Å². The SMILES string of the molecule is CC(C)Oc1ccc(C2C(C(=O)CCc3ccccc3)=C(O)C(=O)N2c2nc3ccccc3[nH]2)cc1. The van der Waals surface area contributed by atoms with Gasteiger partial charge in [0.1, 0.15) is 5.75 Å². The van der Waals surface area contributed by atoms with Crippen molar-refractivity contribution in [1.82, 2.24) is 9.97 Å². The molecule has 1 unspecified atom stereocenters. The van der Waals surface area contributed by atoms with E-state index in [1.807, 2.05) is 80.6 Å². The van der Waals surface area contributed by atoms with Gasteiger partial charge in [-0.25, -0.2) is 4.98 Å². The molecule has 2 N–H and O–H groups in total. The quantitative estimate of drug-likeness (QED) is 0.349. The Kier molecular flexibility index (Phi) is 6.29. The lowest BCUT2D eigenvalue weighted by Crippen LogP contribution is -2.32. The van der Waals surface area contributed by atoms with Crippen LogP contribution >= 0.6 is 0 Å². The Hall–Kier alpha value is -4.39. The molecule has 0 bridgehead atoms. The Balaban J connectivity index is 1.53. The number of hydrogen-bond acceptors (Lipinski definition) is 5. The number of aliphatic hydroxyl groups excluding tert-OH is 1. The molecule has 1 aliphatic heterocycles. The van der Waals surface area contributed by atoms with E-state index in [1.165, 1.54) is 4.90 Å². The van der Waals surface area contributed by atoms with Crippen molar-refractivity contribution in [1.29, 1.82) is 0 Å². The second kappa shape index (κ2) is 9.70. The molecule has 0 fully saturated rings. The average Bonchev–Trinajstić information content (AvgIpc) is 3.42. The molecule has 3 aromatic carbocycles. The first-order valence-electron chi connectivity index (χ1n) is 12.0. The summed E-state index contributed by atoms with van der Waals surface area (Å²) in [6.45, 7) is 3.88. The predicted molar refractivity (Wildman–Crippen MR) is 138 cm³/mol. The number of aromatic nitrogens is 2. The number of ether oxygens (including phenoxy) is 1. The monoisotopic (exact) mass is 481 g/mol. The molecule has 0 radical (unpaired) electrons. The zero-order chi connectivity index (χ0) is 25.2. The predicted octanol–water partition coefficient (Wildman–Crippen LogP) is 5.45. The molecule has 182 valence electrons. The van der Waals surface area contributed by atoms with Gasteiger partial charge in [0.05, 0.1) is 28.8 Å². The smallest absolute Gasteiger partial charge is 0.296 e. The molecule has 1 aromatic heterocycles. The number of para-hydroxylation sites is 2. The van der Waals surface area contributed by atoms with Crippen molar-refractivity contribution in [3.05, 3.63) is 101 Å². The van der Waals surface area contributed by atoms with Crippen LogP contribution in [0.5, 0.6) is 5.75 Å². The second-order valence-electron chi connectivity index (χ2n) is 9.06. The highest BCUT2D eigenvalue weighted by molar-refractivity contribution is 6.16. The lowest BCUT2D eigenvalue weighted by Gasteiger charge is -2.25. The van der Waals surface area contributed by atoms with Crippen LogP contribution in [0.4, 0.5) is 5.95 Å². The number of ketones is 1. The van der Waals surface area contributed by atoms with Crippen LogP contribution in [-0.4, -0.2) is 32.9 Å². The summed E-state index contributed by atoms with van der Waals surface area (Å²) < 4.78 is 5.76. The van der Waals surface area contributed by atoms with Gasteiger partial charge in [0.25, 0.3) is 5.91 Å². The van der Waals surface area contributed by atoms with Gasteiger partial charge in [0.15, 0.2) is 11.5 Å². The minimum atomic E-state index is -0.825. The van der Waals surface area contributed by atoms with E-state index in [1.54, 1.807) is 12.1 Å². The highest BCUT2D eigenvalue weighted by atomic mass is 16.5. The molecular formula is C29H27N3O4. The number of amides is 1. The average molecular weight is 482 g/mol. The number of nitrogens with zero attached hydrogens (tertiary/aromatic N) is 2. The number of hydrogen-bond donors (Lipinski definition) is 2. The number of H-pyrrole nitrogens is 1. The van der Waals surface area contributed by atoms with Gasteiger partial charge in [0.2, 0.25) is 5.95 Å². The van der Waals surface area contributed by atoms with E-state index in [-0.39, 0.29) is 29.8 Å². The van der Waals surface area contributed by atoms with Crippen molar-refractivity contribution < 1.29 is 19.4 Å². The van der Waals surface area contributed by atoms with Crippen LogP contribution in [0.25, 0.3) is 11.0 Å². The number of anilines is 1. The second-order valence-corrected chi connectivity index (χ2v) is 9.06. The molecule has 0 saturated carbocycles. The first kappa shape index (κ1) is 23.4. The number of Topliss-reactive ketones (excluding diaryl/α,β-unsaturated/α-hetero) is 1. The van der Waals surface area contributed by atoms with Gasteiger partial charge in [-0.15, -0.1) is 0 Å². The molecule has 4 aromatic rings. The number of aromatic amines is 1. The van der Waals surface area contributed by atoms with Crippen molar-refractivity contribution in [3.63, 3.8) is 0 Å². The maximum Gasteiger partial charge on any atom is 0.296 e. The van der Waals surface area contributed by atoms with Gasteiger partial charge >= 0.3 is 0 Å². The fourth-order valence-electron chi connectivity index (χ4n) is 4.52. The third-order valence-electron chi connectivity index (χ3n) is 6.16. The molecule has 0 aliphatic carbocycles. The Morgan fingerprint density at radius 2 is 1.72 bits per heavy atom. The van der Waals surface area contributed by atoms with E-state index in [9.17, 15) is 14.7 Å². The van der Waals surface area contributed by atoms with Crippen LogP contribution in [0.2, 0.25) is 0 Å². The Morgan fingerprint density at radius 1 is 1.03 bits per heavy atom. The van der Waals surface area contributed by atoms with Crippen molar-refractivity contribution in [2.24, 2.45) is 0 Å².